The van der Waals surface area contributed by atoms with Crippen molar-refractivity contribution >= 4 is 17.4 Å². The predicted molar refractivity (Wildman–Crippen MR) is 106 cm³/mol. The largest absolute Gasteiger partial charge is 0.440 e. The molecule has 132 valence electrons. The molecule has 1 spiro atoms. The Hall–Kier alpha value is -2.17. The smallest absolute Gasteiger partial charge is 0.236 e. The Kier molecular flexibility index (Phi) is 3.84. The van der Waals surface area contributed by atoms with Crippen LogP contribution in [-0.4, -0.2) is 23.0 Å². The average molecular weight is 362 g/mol. The van der Waals surface area contributed by atoms with Crippen LogP contribution in [0.4, 0.5) is 0 Å². The molecule has 3 aromatic rings. The lowest BCUT2D eigenvalue weighted by Crippen LogP contribution is -2.40. The van der Waals surface area contributed by atoms with E-state index in [1.54, 1.807) is 11.3 Å². The van der Waals surface area contributed by atoms with E-state index in [1.165, 1.54) is 24.0 Å². The highest BCUT2D eigenvalue weighted by atomic mass is 32.1. The minimum atomic E-state index is 0.244. The fraction of sp³-hybridized carbons (Fsp3) is 0.318. The van der Waals surface area contributed by atoms with Crippen molar-refractivity contribution in [1.29, 1.82) is 0 Å². The molecule has 5 rings (SSSR count). The monoisotopic (exact) mass is 362 g/mol. The zero-order chi connectivity index (χ0) is 17.6. The lowest BCUT2D eigenvalue weighted by Gasteiger charge is -2.39. The number of piperidine rings is 1. The highest BCUT2D eigenvalue weighted by molar-refractivity contribution is 7.13. The van der Waals surface area contributed by atoms with Crippen molar-refractivity contribution in [3.8, 4) is 10.8 Å². The summed E-state index contributed by atoms with van der Waals surface area (Å²) in [5.41, 5.74) is 4.23. The molecule has 2 aromatic heterocycles. The molecule has 1 fully saturated rings. The fourth-order valence-electron chi connectivity index (χ4n) is 4.27. The van der Waals surface area contributed by atoms with Crippen LogP contribution in [-0.2, 0) is 12.0 Å². The van der Waals surface area contributed by atoms with Gasteiger partial charge >= 0.3 is 0 Å². The van der Waals surface area contributed by atoms with Crippen LogP contribution in [0, 0.1) is 6.92 Å². The van der Waals surface area contributed by atoms with Gasteiger partial charge in [-0.2, -0.15) is 0 Å². The first-order valence-corrected chi connectivity index (χ1v) is 10.1. The first-order valence-electron chi connectivity index (χ1n) is 9.25. The number of hydrogen-bond donors (Lipinski definition) is 0. The van der Waals surface area contributed by atoms with Crippen LogP contribution in [0.25, 0.3) is 16.8 Å². The van der Waals surface area contributed by atoms with Gasteiger partial charge in [-0.15, -0.1) is 11.3 Å². The van der Waals surface area contributed by atoms with E-state index in [2.05, 4.69) is 52.8 Å². The summed E-state index contributed by atoms with van der Waals surface area (Å²) in [6.07, 6.45) is 7.09. The molecular weight excluding hydrogens is 340 g/mol. The lowest BCUT2D eigenvalue weighted by atomic mass is 9.74. The summed E-state index contributed by atoms with van der Waals surface area (Å²) in [6, 6.07) is 12.9. The summed E-state index contributed by atoms with van der Waals surface area (Å²) in [5, 5.41) is 2.06. The van der Waals surface area contributed by atoms with Crippen LogP contribution in [0.1, 0.15) is 35.4 Å². The number of aryl methyl sites for hydroxylation is 1. The number of fused-ring (bicyclic) bond motifs is 2. The van der Waals surface area contributed by atoms with Crippen LogP contribution in [0.2, 0.25) is 0 Å². The molecule has 0 N–H and O–H groups in total. The topological polar surface area (TPSA) is 29.3 Å². The molecule has 0 saturated carbocycles. The predicted octanol–water partition coefficient (Wildman–Crippen LogP) is 5.27. The van der Waals surface area contributed by atoms with E-state index < -0.39 is 0 Å². The second-order valence-electron chi connectivity index (χ2n) is 7.35. The van der Waals surface area contributed by atoms with Gasteiger partial charge in [-0.05, 0) is 55.4 Å². The first-order chi connectivity index (χ1) is 12.7. The van der Waals surface area contributed by atoms with Gasteiger partial charge in [0.1, 0.15) is 5.76 Å². The van der Waals surface area contributed by atoms with Gasteiger partial charge < -0.3 is 4.42 Å². The maximum absolute atomic E-state index is 5.90. The van der Waals surface area contributed by atoms with Gasteiger partial charge in [0, 0.05) is 12.0 Å². The summed E-state index contributed by atoms with van der Waals surface area (Å²) in [6.45, 7) is 5.10. The van der Waals surface area contributed by atoms with Crippen LogP contribution in [0.3, 0.4) is 0 Å². The minimum Gasteiger partial charge on any atom is -0.440 e. The standard InChI is InChI=1S/C22H22N2OS/c1-16-19(23-21(25-16)20-7-4-14-26-20)15-24-12-10-22(11-13-24)9-8-17-5-2-3-6-18(17)22/h2-9,14H,10-13,15H2,1H3. The molecule has 0 amide bonds. The van der Waals surface area contributed by atoms with Crippen LogP contribution < -0.4 is 0 Å². The number of benzene rings is 1. The Morgan fingerprint density at radius 3 is 2.81 bits per heavy atom. The van der Waals surface area contributed by atoms with E-state index >= 15 is 0 Å². The number of aromatic nitrogens is 1. The van der Waals surface area contributed by atoms with E-state index in [0.29, 0.717) is 0 Å². The van der Waals surface area contributed by atoms with Crippen molar-refractivity contribution in [2.24, 2.45) is 0 Å². The van der Waals surface area contributed by atoms with Gasteiger partial charge in [0.05, 0.1) is 10.6 Å². The molecular formula is C22H22N2OS. The lowest BCUT2D eigenvalue weighted by molar-refractivity contribution is 0.175. The molecule has 1 aromatic carbocycles. The number of oxazole rings is 1. The highest BCUT2D eigenvalue weighted by Gasteiger charge is 2.37. The van der Waals surface area contributed by atoms with Gasteiger partial charge in [0.25, 0.3) is 0 Å². The molecule has 3 nitrogen and oxygen atoms in total. The quantitative estimate of drug-likeness (QED) is 0.635. The SMILES string of the molecule is Cc1oc(-c2cccs2)nc1CN1CCC2(C=Cc3ccccc32)CC1. The van der Waals surface area contributed by atoms with Crippen LogP contribution in [0.15, 0.2) is 52.3 Å². The van der Waals surface area contributed by atoms with Gasteiger partial charge in [0.15, 0.2) is 0 Å². The Morgan fingerprint density at radius 1 is 1.15 bits per heavy atom. The third-order valence-electron chi connectivity index (χ3n) is 5.83. The molecule has 26 heavy (non-hydrogen) atoms. The summed E-state index contributed by atoms with van der Waals surface area (Å²) in [7, 11) is 0. The third kappa shape index (κ3) is 2.65. The van der Waals surface area contributed by atoms with Gasteiger partial charge in [-0.25, -0.2) is 4.98 Å². The number of hydrogen-bond acceptors (Lipinski definition) is 4. The molecule has 1 saturated heterocycles. The molecule has 0 bridgehead atoms. The molecule has 4 heteroatoms. The molecule has 3 heterocycles. The van der Waals surface area contributed by atoms with Crippen LogP contribution in [0.5, 0.6) is 0 Å². The molecule has 1 aliphatic heterocycles. The maximum Gasteiger partial charge on any atom is 0.236 e. The van der Waals surface area contributed by atoms with E-state index in [0.717, 1.165) is 41.9 Å². The third-order valence-corrected chi connectivity index (χ3v) is 6.68. The van der Waals surface area contributed by atoms with E-state index in [9.17, 15) is 0 Å². The molecule has 1 aliphatic carbocycles. The van der Waals surface area contributed by atoms with Crippen molar-refractivity contribution < 1.29 is 4.42 Å². The Morgan fingerprint density at radius 2 is 2.00 bits per heavy atom. The summed E-state index contributed by atoms with van der Waals surface area (Å²) >= 11 is 1.67. The number of nitrogens with zero attached hydrogens (tertiary/aromatic N) is 2. The number of likely N-dealkylation sites (tertiary alicyclic amines) is 1. The second-order valence-corrected chi connectivity index (χ2v) is 8.30. The van der Waals surface area contributed by atoms with Crippen molar-refractivity contribution in [2.75, 3.05) is 13.1 Å². The Bertz CT molecular complexity index is 946. The number of allylic oxidation sites excluding steroid dienone is 1. The van der Waals surface area contributed by atoms with Crippen molar-refractivity contribution in [3.05, 3.63) is 70.4 Å². The van der Waals surface area contributed by atoms with Crippen molar-refractivity contribution in [2.45, 2.75) is 31.7 Å². The summed E-state index contributed by atoms with van der Waals surface area (Å²) < 4.78 is 5.90. The van der Waals surface area contributed by atoms with E-state index in [4.69, 9.17) is 9.40 Å². The van der Waals surface area contributed by atoms with Gasteiger partial charge in [-0.3, -0.25) is 4.90 Å². The average Bonchev–Trinajstić information content (AvgIpc) is 3.39. The minimum absolute atomic E-state index is 0.244. The molecule has 0 unspecified atom stereocenters. The zero-order valence-electron chi connectivity index (χ0n) is 14.9. The van der Waals surface area contributed by atoms with E-state index in [-0.39, 0.29) is 5.41 Å². The van der Waals surface area contributed by atoms with Crippen molar-refractivity contribution in [1.82, 2.24) is 9.88 Å². The molecule has 0 atom stereocenters. The van der Waals surface area contributed by atoms with Crippen molar-refractivity contribution in [3.63, 3.8) is 0 Å². The molecule has 0 radical (unpaired) electrons. The Labute approximate surface area is 158 Å². The zero-order valence-corrected chi connectivity index (χ0v) is 15.8. The maximum atomic E-state index is 5.90. The van der Waals surface area contributed by atoms with E-state index in [1.807, 2.05) is 13.0 Å². The Balaban J connectivity index is 1.30. The number of rotatable bonds is 3. The highest BCUT2D eigenvalue weighted by Crippen LogP contribution is 2.43. The summed E-state index contributed by atoms with van der Waals surface area (Å²) in [4.78, 5) is 8.38. The fourth-order valence-corrected chi connectivity index (χ4v) is 4.92. The molecule has 2 aliphatic rings. The summed E-state index contributed by atoms with van der Waals surface area (Å²) in [5.74, 6) is 1.70. The normalized spacial score (nSPS) is 18.5. The first kappa shape index (κ1) is 16.0. The van der Waals surface area contributed by atoms with Gasteiger partial charge in [-0.1, -0.05) is 42.5 Å². The second kappa shape index (κ2) is 6.22. The number of thiophene rings is 1. The van der Waals surface area contributed by atoms with Gasteiger partial charge in [0.2, 0.25) is 5.89 Å². The van der Waals surface area contributed by atoms with Crippen LogP contribution >= 0.6 is 11.3 Å².